The van der Waals surface area contributed by atoms with Crippen LogP contribution in [0.5, 0.6) is 0 Å². The lowest BCUT2D eigenvalue weighted by atomic mass is 10.0. The largest absolute Gasteiger partial charge is 0.465 e. The van der Waals surface area contributed by atoms with Gasteiger partial charge in [0.05, 0.1) is 12.7 Å². The number of hydrogen-bond donors (Lipinski definition) is 0. The highest BCUT2D eigenvalue weighted by molar-refractivity contribution is 9.09. The molecular formula is C13H17BrO2S. The van der Waals surface area contributed by atoms with E-state index in [9.17, 15) is 4.79 Å². The molecule has 17 heavy (non-hydrogen) atoms. The molecule has 0 saturated heterocycles. The summed E-state index contributed by atoms with van der Waals surface area (Å²) in [4.78, 5) is 12.8. The second-order valence-electron chi connectivity index (χ2n) is 3.91. The third-order valence-electron chi connectivity index (χ3n) is 2.40. The summed E-state index contributed by atoms with van der Waals surface area (Å²) in [5.41, 5.74) is 1.88. The minimum absolute atomic E-state index is 0.260. The third-order valence-corrected chi connectivity index (χ3v) is 4.47. The van der Waals surface area contributed by atoms with Gasteiger partial charge in [0.1, 0.15) is 0 Å². The fourth-order valence-electron chi connectivity index (χ4n) is 1.58. The molecule has 0 N–H and O–H groups in total. The van der Waals surface area contributed by atoms with E-state index < -0.39 is 0 Å². The van der Waals surface area contributed by atoms with Crippen LogP contribution in [0.2, 0.25) is 0 Å². The van der Waals surface area contributed by atoms with Crippen LogP contribution in [0.3, 0.4) is 0 Å². The van der Waals surface area contributed by atoms with Gasteiger partial charge in [-0.05, 0) is 17.5 Å². The molecule has 0 aliphatic carbocycles. The first-order valence-corrected chi connectivity index (χ1v) is 7.62. The first kappa shape index (κ1) is 14.6. The van der Waals surface area contributed by atoms with Gasteiger partial charge in [0.15, 0.2) is 0 Å². The Morgan fingerprint density at radius 1 is 1.47 bits per heavy atom. The average molecular weight is 317 g/mol. The molecule has 0 radical (unpaired) electrons. The van der Waals surface area contributed by atoms with Crippen LogP contribution in [0.15, 0.2) is 23.1 Å². The van der Waals surface area contributed by atoms with Crippen molar-refractivity contribution in [1.29, 1.82) is 0 Å². The number of methoxy groups -OCH3 is 1. The number of carbonyl (C=O) groups is 1. The summed E-state index contributed by atoms with van der Waals surface area (Å²) in [6.45, 7) is 4.27. The molecule has 0 aliphatic rings. The van der Waals surface area contributed by atoms with Gasteiger partial charge in [0.25, 0.3) is 0 Å². The average Bonchev–Trinajstić information content (AvgIpc) is 2.34. The van der Waals surface area contributed by atoms with Gasteiger partial charge in [-0.15, -0.1) is 11.8 Å². The number of benzene rings is 1. The number of carbonyl (C=O) groups excluding carboxylic acids is 1. The minimum atomic E-state index is -0.260. The normalized spacial score (nSPS) is 10.6. The van der Waals surface area contributed by atoms with Gasteiger partial charge in [0, 0.05) is 16.0 Å². The van der Waals surface area contributed by atoms with E-state index in [1.165, 1.54) is 12.7 Å². The number of halogens is 1. The zero-order chi connectivity index (χ0) is 12.8. The number of rotatable bonds is 5. The SMILES string of the molecule is COC(=O)c1cccc(C(C)C)c1SCCBr. The van der Waals surface area contributed by atoms with Crippen molar-refractivity contribution < 1.29 is 9.53 Å². The molecule has 1 rings (SSSR count). The van der Waals surface area contributed by atoms with Gasteiger partial charge < -0.3 is 4.74 Å². The third kappa shape index (κ3) is 3.75. The molecule has 0 aromatic heterocycles. The smallest absolute Gasteiger partial charge is 0.339 e. The van der Waals surface area contributed by atoms with E-state index in [1.54, 1.807) is 11.8 Å². The van der Waals surface area contributed by atoms with E-state index in [0.29, 0.717) is 11.5 Å². The van der Waals surface area contributed by atoms with Crippen LogP contribution in [0.25, 0.3) is 0 Å². The lowest BCUT2D eigenvalue weighted by Crippen LogP contribution is -2.06. The first-order chi connectivity index (χ1) is 8.11. The van der Waals surface area contributed by atoms with E-state index >= 15 is 0 Å². The summed E-state index contributed by atoms with van der Waals surface area (Å²) >= 11 is 5.11. The Kier molecular flexibility index (Phi) is 6.06. The van der Waals surface area contributed by atoms with Crippen LogP contribution in [-0.2, 0) is 4.74 Å². The van der Waals surface area contributed by atoms with Gasteiger partial charge in [0.2, 0.25) is 0 Å². The summed E-state index contributed by atoms with van der Waals surface area (Å²) in [5.74, 6) is 1.08. The highest BCUT2D eigenvalue weighted by Crippen LogP contribution is 2.32. The summed E-state index contributed by atoms with van der Waals surface area (Å²) in [7, 11) is 1.42. The Hall–Kier alpha value is -0.480. The molecule has 94 valence electrons. The van der Waals surface area contributed by atoms with Crippen molar-refractivity contribution in [2.24, 2.45) is 0 Å². The van der Waals surface area contributed by atoms with Crippen LogP contribution in [0.1, 0.15) is 35.7 Å². The predicted octanol–water partition coefficient (Wildman–Crippen LogP) is 4.08. The first-order valence-electron chi connectivity index (χ1n) is 5.51. The monoisotopic (exact) mass is 316 g/mol. The maximum atomic E-state index is 11.7. The van der Waals surface area contributed by atoms with Crippen LogP contribution in [0, 0.1) is 0 Å². The minimum Gasteiger partial charge on any atom is -0.465 e. The van der Waals surface area contributed by atoms with E-state index in [4.69, 9.17) is 4.74 Å². The van der Waals surface area contributed by atoms with Crippen LogP contribution < -0.4 is 0 Å². The zero-order valence-electron chi connectivity index (χ0n) is 10.3. The predicted molar refractivity (Wildman–Crippen MR) is 76.4 cm³/mol. The Bertz CT molecular complexity index is 391. The standard InChI is InChI=1S/C13H17BrO2S/c1-9(2)10-5-4-6-11(13(15)16-3)12(10)17-8-7-14/h4-6,9H,7-8H2,1-3H3. The Labute approximate surface area is 115 Å². The number of hydrogen-bond acceptors (Lipinski definition) is 3. The Morgan fingerprint density at radius 2 is 2.18 bits per heavy atom. The maximum Gasteiger partial charge on any atom is 0.339 e. The highest BCUT2D eigenvalue weighted by Gasteiger charge is 2.16. The fourth-order valence-corrected chi connectivity index (χ4v) is 3.13. The quantitative estimate of drug-likeness (QED) is 0.465. The summed E-state index contributed by atoms with van der Waals surface area (Å²) in [5, 5.41) is 0.907. The zero-order valence-corrected chi connectivity index (χ0v) is 12.7. The molecule has 0 bridgehead atoms. The molecule has 0 atom stereocenters. The molecule has 1 aromatic carbocycles. The van der Waals surface area contributed by atoms with E-state index in [-0.39, 0.29) is 5.97 Å². The van der Waals surface area contributed by atoms with Gasteiger partial charge in [-0.1, -0.05) is 41.9 Å². The highest BCUT2D eigenvalue weighted by atomic mass is 79.9. The number of alkyl halides is 1. The van der Waals surface area contributed by atoms with Crippen molar-refractivity contribution >= 4 is 33.7 Å². The fraction of sp³-hybridized carbons (Fsp3) is 0.462. The molecule has 0 aliphatic heterocycles. The van der Waals surface area contributed by atoms with Crippen molar-refractivity contribution in [2.75, 3.05) is 18.2 Å². The summed E-state index contributed by atoms with van der Waals surface area (Å²) in [6.07, 6.45) is 0. The van der Waals surface area contributed by atoms with Crippen molar-refractivity contribution in [2.45, 2.75) is 24.7 Å². The lowest BCUT2D eigenvalue weighted by Gasteiger charge is -2.15. The summed E-state index contributed by atoms with van der Waals surface area (Å²) in [6, 6.07) is 5.82. The van der Waals surface area contributed by atoms with Crippen molar-refractivity contribution in [3.8, 4) is 0 Å². The topological polar surface area (TPSA) is 26.3 Å². The number of ether oxygens (including phenoxy) is 1. The number of esters is 1. The Morgan fingerprint density at radius 3 is 2.71 bits per heavy atom. The Balaban J connectivity index is 3.19. The van der Waals surface area contributed by atoms with E-state index in [2.05, 4.69) is 35.8 Å². The van der Waals surface area contributed by atoms with Crippen LogP contribution in [0.4, 0.5) is 0 Å². The molecule has 0 unspecified atom stereocenters. The van der Waals surface area contributed by atoms with Gasteiger partial charge in [-0.25, -0.2) is 4.79 Å². The van der Waals surface area contributed by atoms with Crippen molar-refractivity contribution in [1.82, 2.24) is 0 Å². The lowest BCUT2D eigenvalue weighted by molar-refractivity contribution is 0.0596. The second-order valence-corrected chi connectivity index (χ2v) is 5.81. The van der Waals surface area contributed by atoms with Crippen molar-refractivity contribution in [3.05, 3.63) is 29.3 Å². The van der Waals surface area contributed by atoms with Gasteiger partial charge in [-0.2, -0.15) is 0 Å². The van der Waals surface area contributed by atoms with Gasteiger partial charge >= 0.3 is 5.97 Å². The molecular weight excluding hydrogens is 300 g/mol. The molecule has 2 nitrogen and oxygen atoms in total. The van der Waals surface area contributed by atoms with Gasteiger partial charge in [-0.3, -0.25) is 0 Å². The molecule has 1 aromatic rings. The molecule has 0 spiro atoms. The molecule has 4 heteroatoms. The molecule has 0 amide bonds. The molecule has 0 heterocycles. The summed E-state index contributed by atoms with van der Waals surface area (Å²) < 4.78 is 4.83. The van der Waals surface area contributed by atoms with E-state index in [1.807, 2.05) is 12.1 Å². The van der Waals surface area contributed by atoms with Crippen LogP contribution in [-0.4, -0.2) is 24.2 Å². The molecule has 0 fully saturated rings. The van der Waals surface area contributed by atoms with Crippen LogP contribution >= 0.6 is 27.7 Å². The number of thioether (sulfide) groups is 1. The second kappa shape index (κ2) is 7.07. The van der Waals surface area contributed by atoms with Crippen molar-refractivity contribution in [3.63, 3.8) is 0 Å². The maximum absolute atomic E-state index is 11.7. The van der Waals surface area contributed by atoms with E-state index in [0.717, 1.165) is 16.0 Å². The molecule has 0 saturated carbocycles.